The van der Waals surface area contributed by atoms with Gasteiger partial charge in [-0.1, -0.05) is 72.3 Å². The van der Waals surface area contributed by atoms with E-state index in [4.69, 9.17) is 10.5 Å². The Balaban J connectivity index is 1.71. The van der Waals surface area contributed by atoms with E-state index < -0.39 is 17.7 Å². The molecular weight excluding hydrogens is 447 g/mol. The Bertz CT molecular complexity index is 1280. The second-order valence-corrected chi connectivity index (χ2v) is 8.60. The van der Waals surface area contributed by atoms with E-state index in [0.29, 0.717) is 10.6 Å². The van der Waals surface area contributed by atoms with Crippen molar-refractivity contribution in [3.05, 3.63) is 101 Å². The number of ether oxygens (including phenoxy) is 1. The number of nitrogen functional groups attached to an aromatic ring is 1. The highest BCUT2D eigenvalue weighted by atomic mass is 32.1. The van der Waals surface area contributed by atoms with Gasteiger partial charge in [-0.2, -0.15) is 13.2 Å². The first kappa shape index (κ1) is 22.6. The van der Waals surface area contributed by atoms with Gasteiger partial charge in [-0.25, -0.2) is 4.79 Å². The second kappa shape index (κ2) is 9.11. The average Bonchev–Trinajstić information content (AvgIpc) is 3.15. The van der Waals surface area contributed by atoms with Crippen molar-refractivity contribution < 1.29 is 22.7 Å². The van der Waals surface area contributed by atoms with Crippen LogP contribution in [0.15, 0.2) is 78.9 Å². The summed E-state index contributed by atoms with van der Waals surface area (Å²) in [6.07, 6.45) is -4.47. The molecule has 0 saturated carbocycles. The van der Waals surface area contributed by atoms with Crippen molar-refractivity contribution in [2.24, 2.45) is 0 Å². The molecule has 0 aliphatic carbocycles. The van der Waals surface area contributed by atoms with Gasteiger partial charge in [0.05, 0.1) is 5.56 Å². The predicted octanol–water partition coefficient (Wildman–Crippen LogP) is 7.35. The van der Waals surface area contributed by atoms with Gasteiger partial charge in [0.2, 0.25) is 0 Å². The lowest BCUT2D eigenvalue weighted by Crippen LogP contribution is -2.09. The van der Waals surface area contributed by atoms with Gasteiger partial charge in [0.1, 0.15) is 17.2 Å². The highest BCUT2D eigenvalue weighted by molar-refractivity contribution is 7.20. The number of alkyl halides is 3. The van der Waals surface area contributed by atoms with Gasteiger partial charge in [0.15, 0.2) is 0 Å². The molecule has 3 nitrogen and oxygen atoms in total. The molecule has 4 aromatic rings. The lowest BCUT2D eigenvalue weighted by atomic mass is 9.97. The number of halogens is 3. The van der Waals surface area contributed by atoms with Gasteiger partial charge in [-0.3, -0.25) is 0 Å². The Hall–Kier alpha value is -3.58. The molecule has 0 saturated heterocycles. The van der Waals surface area contributed by atoms with Crippen LogP contribution in [0.3, 0.4) is 0 Å². The first-order valence-corrected chi connectivity index (χ1v) is 10.9. The van der Waals surface area contributed by atoms with Crippen LogP contribution in [-0.4, -0.2) is 5.97 Å². The lowest BCUT2D eigenvalue weighted by molar-refractivity contribution is -0.137. The van der Waals surface area contributed by atoms with Crippen LogP contribution < -0.4 is 5.73 Å². The predicted molar refractivity (Wildman–Crippen MR) is 125 cm³/mol. The van der Waals surface area contributed by atoms with E-state index in [1.54, 1.807) is 0 Å². The third-order valence-corrected chi connectivity index (χ3v) is 6.21. The van der Waals surface area contributed by atoms with Crippen LogP contribution in [0.2, 0.25) is 0 Å². The topological polar surface area (TPSA) is 52.3 Å². The number of aryl methyl sites for hydroxylation is 1. The van der Waals surface area contributed by atoms with Crippen molar-refractivity contribution in [3.63, 3.8) is 0 Å². The first-order valence-electron chi connectivity index (χ1n) is 10.1. The van der Waals surface area contributed by atoms with Crippen molar-refractivity contribution in [2.75, 3.05) is 5.73 Å². The molecule has 0 unspecified atom stereocenters. The summed E-state index contributed by atoms with van der Waals surface area (Å²) in [5.74, 6) is -0.682. The Kier molecular flexibility index (Phi) is 6.24. The molecule has 7 heteroatoms. The van der Waals surface area contributed by atoms with E-state index in [1.165, 1.54) is 23.5 Å². The van der Waals surface area contributed by atoms with Crippen LogP contribution in [0, 0.1) is 6.92 Å². The molecule has 4 rings (SSSR count). The van der Waals surface area contributed by atoms with Crippen molar-refractivity contribution in [2.45, 2.75) is 19.7 Å². The summed E-state index contributed by atoms with van der Waals surface area (Å²) in [5, 5.41) is 0.290. The number of anilines is 1. The van der Waals surface area contributed by atoms with E-state index in [9.17, 15) is 18.0 Å². The van der Waals surface area contributed by atoms with Crippen LogP contribution in [0.5, 0.6) is 0 Å². The molecule has 0 radical (unpaired) electrons. The molecule has 0 bridgehead atoms. The quantitative estimate of drug-likeness (QED) is 0.312. The van der Waals surface area contributed by atoms with Gasteiger partial charge in [0, 0.05) is 10.4 Å². The van der Waals surface area contributed by atoms with Crippen molar-refractivity contribution in [1.82, 2.24) is 0 Å². The highest BCUT2D eigenvalue weighted by Crippen LogP contribution is 2.45. The summed E-state index contributed by atoms with van der Waals surface area (Å²) in [6.45, 7) is 1.67. The van der Waals surface area contributed by atoms with E-state index in [-0.39, 0.29) is 17.7 Å². The minimum atomic E-state index is -4.47. The third-order valence-electron chi connectivity index (χ3n) is 5.14. The van der Waals surface area contributed by atoms with Gasteiger partial charge in [0.25, 0.3) is 0 Å². The molecule has 0 aliphatic rings. The first-order chi connectivity index (χ1) is 15.7. The van der Waals surface area contributed by atoms with Crippen LogP contribution in [0.1, 0.15) is 27.0 Å². The normalized spacial score (nSPS) is 11.4. The zero-order valence-electron chi connectivity index (χ0n) is 17.6. The smallest absolute Gasteiger partial charge is 0.416 e. The summed E-state index contributed by atoms with van der Waals surface area (Å²) >= 11 is 1.28. The molecule has 0 atom stereocenters. The summed E-state index contributed by atoms with van der Waals surface area (Å²) in [7, 11) is 0. The van der Waals surface area contributed by atoms with Crippen LogP contribution in [0.4, 0.5) is 18.2 Å². The summed E-state index contributed by atoms with van der Waals surface area (Å²) in [4.78, 5) is 13.9. The Morgan fingerprint density at radius 3 is 2.30 bits per heavy atom. The molecule has 0 fully saturated rings. The summed E-state index contributed by atoms with van der Waals surface area (Å²) in [6, 6.07) is 22.0. The summed E-state index contributed by atoms with van der Waals surface area (Å²) in [5.41, 5.74) is 9.36. The largest absolute Gasteiger partial charge is 0.457 e. The molecule has 0 amide bonds. The van der Waals surface area contributed by atoms with E-state index in [1.807, 2.05) is 61.5 Å². The maximum atomic E-state index is 13.1. The molecular formula is C26H20F3NO2S. The number of carbonyl (C=O) groups is 1. The van der Waals surface area contributed by atoms with Gasteiger partial charge < -0.3 is 10.5 Å². The maximum Gasteiger partial charge on any atom is 0.416 e. The molecule has 2 N–H and O–H groups in total. The number of carbonyl (C=O) groups excluding carboxylic acids is 1. The van der Waals surface area contributed by atoms with Crippen molar-refractivity contribution >= 4 is 22.3 Å². The van der Waals surface area contributed by atoms with Crippen molar-refractivity contribution in [1.29, 1.82) is 0 Å². The van der Waals surface area contributed by atoms with Crippen molar-refractivity contribution in [3.8, 4) is 21.6 Å². The highest BCUT2D eigenvalue weighted by Gasteiger charge is 2.30. The second-order valence-electron chi connectivity index (χ2n) is 7.55. The number of nitrogens with two attached hydrogens (primary N) is 1. The third kappa shape index (κ3) is 4.93. The standard InChI is InChI=1S/C26H20F3NO2S/c1-16-10-12-18(13-11-16)21-22(24(30)33-23(21)19-7-3-2-4-8-19)25(31)32-15-17-6-5-9-20(14-17)26(27,28)29/h2-14H,15,30H2,1H3. The Morgan fingerprint density at radius 2 is 1.64 bits per heavy atom. The monoisotopic (exact) mass is 467 g/mol. The molecule has 168 valence electrons. The van der Waals surface area contributed by atoms with Crippen LogP contribution in [0.25, 0.3) is 21.6 Å². The van der Waals surface area contributed by atoms with E-state index in [0.717, 1.165) is 33.7 Å². The number of benzene rings is 3. The number of rotatable bonds is 5. The zero-order valence-corrected chi connectivity index (χ0v) is 18.5. The number of hydrogen-bond acceptors (Lipinski definition) is 4. The maximum absolute atomic E-state index is 13.1. The fraction of sp³-hybridized carbons (Fsp3) is 0.115. The van der Waals surface area contributed by atoms with Gasteiger partial charge in [-0.05, 0) is 35.7 Å². The van der Waals surface area contributed by atoms with Crippen LogP contribution >= 0.6 is 11.3 Å². The molecule has 1 heterocycles. The summed E-state index contributed by atoms with van der Waals surface area (Å²) < 4.78 is 44.4. The Morgan fingerprint density at radius 1 is 0.939 bits per heavy atom. The number of thiophene rings is 1. The van der Waals surface area contributed by atoms with Gasteiger partial charge in [-0.15, -0.1) is 11.3 Å². The lowest BCUT2D eigenvalue weighted by Gasteiger charge is -2.11. The molecule has 33 heavy (non-hydrogen) atoms. The molecule has 1 aromatic heterocycles. The number of hydrogen-bond donors (Lipinski definition) is 1. The Labute approximate surface area is 193 Å². The zero-order chi connectivity index (χ0) is 23.6. The SMILES string of the molecule is Cc1ccc(-c2c(-c3ccccc3)sc(N)c2C(=O)OCc2cccc(C(F)(F)F)c2)cc1. The van der Waals surface area contributed by atoms with Crippen LogP contribution in [-0.2, 0) is 17.5 Å². The fourth-order valence-electron chi connectivity index (χ4n) is 3.50. The van der Waals surface area contributed by atoms with Gasteiger partial charge >= 0.3 is 12.1 Å². The minimum Gasteiger partial charge on any atom is -0.457 e. The van der Waals surface area contributed by atoms with E-state index in [2.05, 4.69) is 0 Å². The average molecular weight is 468 g/mol. The molecule has 0 spiro atoms. The van der Waals surface area contributed by atoms with E-state index >= 15 is 0 Å². The fourth-order valence-corrected chi connectivity index (χ4v) is 4.58. The molecule has 3 aromatic carbocycles. The minimum absolute atomic E-state index is 0.217. The number of esters is 1. The molecule has 0 aliphatic heterocycles.